The van der Waals surface area contributed by atoms with Gasteiger partial charge in [-0.1, -0.05) is 66.7 Å². The van der Waals surface area contributed by atoms with Crippen LogP contribution in [0.5, 0.6) is 5.75 Å². The molecule has 0 spiro atoms. The number of carbonyl (C=O) groups is 2. The molecular weight excluding hydrogens is 642 g/mol. The second-order valence-corrected chi connectivity index (χ2v) is 12.6. The van der Waals surface area contributed by atoms with Gasteiger partial charge in [0.2, 0.25) is 11.2 Å². The van der Waals surface area contributed by atoms with Gasteiger partial charge in [-0.05, 0) is 69.6 Å². The summed E-state index contributed by atoms with van der Waals surface area (Å²) >= 11 is 1.46. The summed E-state index contributed by atoms with van der Waals surface area (Å²) in [5.74, 6) is -1.68. The Morgan fingerprint density at radius 1 is 0.837 bits per heavy atom. The molecule has 49 heavy (non-hydrogen) atoms. The van der Waals surface area contributed by atoms with Crippen molar-refractivity contribution >= 4 is 34.1 Å². The van der Waals surface area contributed by atoms with Crippen LogP contribution < -0.4 is 16.2 Å². The molecule has 6 aromatic rings. The molecule has 0 bridgehead atoms. The number of rotatable bonds is 12. The molecule has 2 atom stereocenters. The number of aromatic nitrogens is 1. The molecule has 0 aliphatic rings. The minimum absolute atomic E-state index is 0.0695. The number of H-pyrrole nitrogens is 1. The zero-order valence-electron chi connectivity index (χ0n) is 26.1. The van der Waals surface area contributed by atoms with Crippen LogP contribution >= 0.6 is 11.3 Å². The SMILES string of the molecule is O=C(NCc1cc(-c2cccc(C(O)(C(=O)O)c3ccccc3)c2)cs1)c1ccc(CNCC(O)c2ccc(O)c3[nH]c(=O)ccc23)cc1. The topological polar surface area (TPSA) is 172 Å². The van der Waals surface area contributed by atoms with Crippen molar-refractivity contribution < 1.29 is 30.0 Å². The number of aliphatic hydroxyl groups excluding tert-OH is 1. The van der Waals surface area contributed by atoms with Gasteiger partial charge in [0.15, 0.2) is 0 Å². The second-order valence-electron chi connectivity index (χ2n) is 11.6. The Morgan fingerprint density at radius 2 is 1.59 bits per heavy atom. The third-order valence-electron chi connectivity index (χ3n) is 8.34. The maximum absolute atomic E-state index is 12.9. The maximum Gasteiger partial charge on any atom is 0.345 e. The standard InChI is InChI=1S/C38H33N3O7S/c42-32-15-13-30(31-14-16-34(44)41-35(31)32)33(43)21-39-19-23-9-11-24(12-10-23)36(45)40-20-29-18-26(22-49-29)25-5-4-8-28(17-25)38(48,37(46)47)27-6-2-1-3-7-27/h1-18,22,33,39,42-43,48H,19-21H2,(H,40,45)(H,41,44)(H,46,47). The number of aromatic hydroxyl groups is 1. The largest absolute Gasteiger partial charge is 0.506 e. The predicted octanol–water partition coefficient (Wildman–Crippen LogP) is 5.04. The van der Waals surface area contributed by atoms with Crippen LogP contribution in [0.4, 0.5) is 0 Å². The Morgan fingerprint density at radius 3 is 2.35 bits per heavy atom. The molecule has 2 aromatic heterocycles. The molecule has 0 radical (unpaired) electrons. The molecule has 2 unspecified atom stereocenters. The van der Waals surface area contributed by atoms with E-state index >= 15 is 0 Å². The number of phenolic OH excluding ortho intramolecular Hbond substituents is 1. The number of thiophene rings is 1. The van der Waals surface area contributed by atoms with E-state index in [4.69, 9.17) is 0 Å². The van der Waals surface area contributed by atoms with Crippen molar-refractivity contribution in [3.8, 4) is 16.9 Å². The van der Waals surface area contributed by atoms with Crippen LogP contribution in [0.3, 0.4) is 0 Å². The molecule has 248 valence electrons. The number of hydrogen-bond acceptors (Lipinski definition) is 8. The van der Waals surface area contributed by atoms with E-state index < -0.39 is 17.7 Å². The van der Waals surface area contributed by atoms with Crippen molar-refractivity contribution in [1.82, 2.24) is 15.6 Å². The van der Waals surface area contributed by atoms with Crippen LogP contribution in [0.2, 0.25) is 0 Å². The van der Waals surface area contributed by atoms with Crippen LogP contribution in [0, 0.1) is 0 Å². The van der Waals surface area contributed by atoms with Gasteiger partial charge in [0.25, 0.3) is 5.91 Å². The van der Waals surface area contributed by atoms with Crippen molar-refractivity contribution in [2.24, 2.45) is 0 Å². The van der Waals surface area contributed by atoms with Crippen LogP contribution in [0.25, 0.3) is 22.0 Å². The molecule has 1 amide bonds. The Balaban J connectivity index is 1.03. The third-order valence-corrected chi connectivity index (χ3v) is 9.28. The van der Waals surface area contributed by atoms with E-state index in [0.717, 1.165) is 21.6 Å². The van der Waals surface area contributed by atoms with Crippen molar-refractivity contribution in [2.75, 3.05) is 6.54 Å². The van der Waals surface area contributed by atoms with Gasteiger partial charge in [0.1, 0.15) is 5.75 Å². The number of nitrogens with one attached hydrogen (secondary N) is 3. The Labute approximate surface area is 285 Å². The molecule has 6 rings (SSSR count). The number of carboxylic acid groups (broad SMARTS) is 1. The van der Waals surface area contributed by atoms with E-state index in [1.807, 2.05) is 29.6 Å². The molecule has 0 aliphatic carbocycles. The average Bonchev–Trinajstić information content (AvgIpc) is 3.60. The molecule has 11 heteroatoms. The summed E-state index contributed by atoms with van der Waals surface area (Å²) in [7, 11) is 0. The zero-order chi connectivity index (χ0) is 34.5. The number of aliphatic carboxylic acids is 1. The van der Waals surface area contributed by atoms with Crippen LogP contribution in [0.1, 0.15) is 43.6 Å². The summed E-state index contributed by atoms with van der Waals surface area (Å²) in [5.41, 5.74) is 1.79. The average molecular weight is 676 g/mol. The van der Waals surface area contributed by atoms with Gasteiger partial charge in [-0.15, -0.1) is 11.3 Å². The van der Waals surface area contributed by atoms with Gasteiger partial charge in [0, 0.05) is 40.5 Å². The highest BCUT2D eigenvalue weighted by molar-refractivity contribution is 7.10. The third kappa shape index (κ3) is 7.15. The number of aliphatic hydroxyl groups is 2. The Bertz CT molecular complexity index is 2180. The normalized spacial score (nSPS) is 13.1. The molecule has 4 aromatic carbocycles. The second kappa shape index (κ2) is 14.3. The number of amides is 1. The molecule has 2 heterocycles. The molecule has 0 saturated heterocycles. The Kier molecular flexibility index (Phi) is 9.70. The first kappa shape index (κ1) is 33.3. The van der Waals surface area contributed by atoms with E-state index in [2.05, 4.69) is 15.6 Å². The van der Waals surface area contributed by atoms with Crippen molar-refractivity contribution in [2.45, 2.75) is 24.8 Å². The highest BCUT2D eigenvalue weighted by atomic mass is 32.1. The minimum atomic E-state index is -2.20. The van der Waals surface area contributed by atoms with Gasteiger partial charge >= 0.3 is 5.97 Å². The van der Waals surface area contributed by atoms with Crippen molar-refractivity contribution in [3.05, 3.63) is 158 Å². The smallest absolute Gasteiger partial charge is 0.345 e. The van der Waals surface area contributed by atoms with E-state index in [9.17, 15) is 34.8 Å². The quantitative estimate of drug-likeness (QED) is 0.0946. The van der Waals surface area contributed by atoms with E-state index in [0.29, 0.717) is 29.6 Å². The molecule has 7 N–H and O–H groups in total. The number of fused-ring (bicyclic) bond motifs is 1. The lowest BCUT2D eigenvalue weighted by molar-refractivity contribution is -0.155. The monoisotopic (exact) mass is 675 g/mol. The zero-order valence-corrected chi connectivity index (χ0v) is 26.9. The van der Waals surface area contributed by atoms with Crippen LogP contribution in [-0.4, -0.2) is 43.8 Å². The number of aromatic amines is 1. The molecular formula is C38H33N3O7S. The summed E-state index contributed by atoms with van der Waals surface area (Å²) < 4.78 is 0. The number of benzene rings is 4. The van der Waals surface area contributed by atoms with Gasteiger partial charge in [-0.25, -0.2) is 4.79 Å². The minimum Gasteiger partial charge on any atom is -0.506 e. The van der Waals surface area contributed by atoms with E-state index in [-0.39, 0.29) is 40.4 Å². The number of phenols is 1. The van der Waals surface area contributed by atoms with Crippen molar-refractivity contribution in [1.29, 1.82) is 0 Å². The fourth-order valence-corrected chi connectivity index (χ4v) is 6.53. The first-order chi connectivity index (χ1) is 23.6. The highest BCUT2D eigenvalue weighted by Gasteiger charge is 2.40. The van der Waals surface area contributed by atoms with Gasteiger partial charge < -0.3 is 36.0 Å². The molecule has 0 aliphatic heterocycles. The first-order valence-corrected chi connectivity index (χ1v) is 16.3. The summed E-state index contributed by atoms with van der Waals surface area (Å²) in [4.78, 5) is 40.3. The first-order valence-electron chi connectivity index (χ1n) is 15.4. The highest BCUT2D eigenvalue weighted by Crippen LogP contribution is 2.34. The van der Waals surface area contributed by atoms with E-state index in [1.54, 1.807) is 72.8 Å². The molecule has 10 nitrogen and oxygen atoms in total. The van der Waals surface area contributed by atoms with Gasteiger partial charge in [-0.3, -0.25) is 9.59 Å². The summed E-state index contributed by atoms with van der Waals surface area (Å²) in [5, 5.41) is 50.7. The fourth-order valence-electron chi connectivity index (χ4n) is 5.70. The van der Waals surface area contributed by atoms with Crippen LogP contribution in [-0.2, 0) is 23.5 Å². The van der Waals surface area contributed by atoms with E-state index in [1.165, 1.54) is 23.5 Å². The van der Waals surface area contributed by atoms with Crippen molar-refractivity contribution in [3.63, 3.8) is 0 Å². The molecule has 0 saturated carbocycles. The number of carbonyl (C=O) groups excluding carboxylic acids is 1. The fraction of sp³-hybridized carbons (Fsp3) is 0.132. The van der Waals surface area contributed by atoms with Crippen LogP contribution in [0.15, 0.2) is 119 Å². The lowest BCUT2D eigenvalue weighted by Gasteiger charge is -2.25. The summed E-state index contributed by atoms with van der Waals surface area (Å²) in [6.07, 6.45) is -0.886. The predicted molar refractivity (Wildman–Crippen MR) is 187 cm³/mol. The lowest BCUT2D eigenvalue weighted by atomic mass is 9.85. The number of hydrogen-bond donors (Lipinski definition) is 7. The van der Waals surface area contributed by atoms with Gasteiger partial charge in [0.05, 0.1) is 18.2 Å². The summed E-state index contributed by atoms with van der Waals surface area (Å²) in [6.45, 7) is 0.968. The molecule has 0 fully saturated rings. The van der Waals surface area contributed by atoms with Gasteiger partial charge in [-0.2, -0.15) is 0 Å². The maximum atomic E-state index is 12.9. The number of carboxylic acids is 1. The number of pyridine rings is 1. The summed E-state index contributed by atoms with van der Waals surface area (Å²) in [6, 6.07) is 30.1. The lowest BCUT2D eigenvalue weighted by Crippen LogP contribution is -2.36. The Hall–Kier alpha value is -5.59.